The van der Waals surface area contributed by atoms with E-state index in [0.717, 1.165) is 30.4 Å². The Morgan fingerprint density at radius 1 is 0.911 bits per heavy atom. The average molecular weight is 620 g/mol. The third-order valence-corrected chi connectivity index (χ3v) is 9.43. The van der Waals surface area contributed by atoms with Gasteiger partial charge >= 0.3 is 5.69 Å². The maximum Gasteiger partial charge on any atom is 0.330 e. The number of fused-ring (bicyclic) bond motifs is 2. The highest BCUT2D eigenvalue weighted by molar-refractivity contribution is 5.18. The number of H-pyrrole nitrogens is 1. The second-order valence-electron chi connectivity index (χ2n) is 13.8. The normalized spacial score (nSPS) is 28.8. The van der Waals surface area contributed by atoms with Crippen LogP contribution in [-0.2, 0) is 37.0 Å². The number of nitrogens with one attached hydrogen (secondary N) is 1. The summed E-state index contributed by atoms with van der Waals surface area (Å²) in [5.41, 5.74) is -0.0128. The Labute approximate surface area is 264 Å². The van der Waals surface area contributed by atoms with Crippen molar-refractivity contribution < 1.29 is 23.8 Å². The van der Waals surface area contributed by atoms with Crippen LogP contribution in [0.4, 0.5) is 0 Å². The third-order valence-electron chi connectivity index (χ3n) is 9.43. The minimum Gasteiger partial charge on any atom is -0.374 e. The minimum atomic E-state index is -1.10. The van der Waals surface area contributed by atoms with E-state index in [1.807, 2.05) is 60.7 Å². The molecule has 1 N–H and O–H groups in total. The number of ether oxygens (including phenoxy) is 4. The van der Waals surface area contributed by atoms with E-state index in [-0.39, 0.29) is 24.3 Å². The summed E-state index contributed by atoms with van der Waals surface area (Å²) >= 11 is 0. The Morgan fingerprint density at radius 3 is 2.18 bits per heavy atom. The second kappa shape index (κ2) is 12.6. The van der Waals surface area contributed by atoms with Gasteiger partial charge in [-0.3, -0.25) is 19.2 Å². The molecule has 45 heavy (non-hydrogen) atoms. The number of aryl methyl sites for hydroxylation is 1. The van der Waals surface area contributed by atoms with Crippen LogP contribution in [0.3, 0.4) is 0 Å². The van der Waals surface area contributed by atoms with Crippen molar-refractivity contribution in [1.82, 2.24) is 14.6 Å². The van der Waals surface area contributed by atoms with Crippen LogP contribution in [0.1, 0.15) is 69.9 Å². The van der Waals surface area contributed by atoms with E-state index in [4.69, 9.17) is 23.8 Å². The summed E-state index contributed by atoms with van der Waals surface area (Å²) in [4.78, 5) is 34.3. The van der Waals surface area contributed by atoms with Gasteiger partial charge in [0.1, 0.15) is 18.3 Å². The number of benzene rings is 2. The topological polar surface area (TPSA) is 104 Å². The van der Waals surface area contributed by atoms with Gasteiger partial charge in [0.15, 0.2) is 11.8 Å². The number of piperidine rings is 1. The quantitative estimate of drug-likeness (QED) is 0.331. The number of aromatic nitrogens is 2. The molecule has 3 saturated heterocycles. The molecule has 5 atom stereocenters. The molecule has 10 nitrogen and oxygen atoms in total. The predicted octanol–water partition coefficient (Wildman–Crippen LogP) is 4.66. The first kappa shape index (κ1) is 31.8. The standard InChI is InChI=1S/C35H45N3O7/c1-24-19-37(32(40)36-30(24)39)31-28-29(42-21-26-15-10-7-11-16-26)35(45-31,23-41-20-25-13-8-6-9-14-25)27(44-28)22-43-38-33(2,3)17-12-18-34(38,4)5/h6-11,13-16,19,27-29,31H,12,17-18,20-23H2,1-5H3,(H,36,39,40)/t27-,28?,29+,31-,35+/m1/s1. The number of hydroxylamine groups is 2. The molecule has 3 aliphatic rings. The number of rotatable bonds is 11. The molecule has 0 amide bonds. The van der Waals surface area contributed by atoms with Gasteiger partial charge in [-0.2, -0.15) is 5.06 Å². The molecule has 0 radical (unpaired) electrons. The van der Waals surface area contributed by atoms with Crippen molar-refractivity contribution in [1.29, 1.82) is 0 Å². The van der Waals surface area contributed by atoms with Crippen LogP contribution in [0.5, 0.6) is 0 Å². The summed E-state index contributed by atoms with van der Waals surface area (Å²) < 4.78 is 28.0. The summed E-state index contributed by atoms with van der Waals surface area (Å²) in [6.45, 7) is 11.5. The number of nitrogens with zero attached hydrogens (tertiary/aromatic N) is 2. The molecule has 1 unspecified atom stereocenters. The summed E-state index contributed by atoms with van der Waals surface area (Å²) in [6.07, 6.45) is 2.05. The van der Waals surface area contributed by atoms with E-state index in [1.54, 1.807) is 6.92 Å². The fraction of sp³-hybridized carbons (Fsp3) is 0.543. The first-order valence-corrected chi connectivity index (χ1v) is 15.9. The summed E-state index contributed by atoms with van der Waals surface area (Å²) in [6, 6.07) is 19.9. The zero-order valence-electron chi connectivity index (χ0n) is 26.9. The lowest BCUT2D eigenvalue weighted by Crippen LogP contribution is -2.60. The molecule has 2 bridgehead atoms. The molecular weight excluding hydrogens is 574 g/mol. The van der Waals surface area contributed by atoms with Crippen LogP contribution in [0.2, 0.25) is 0 Å². The number of hydrogen-bond acceptors (Lipinski definition) is 8. The highest BCUT2D eigenvalue weighted by atomic mass is 16.7. The monoisotopic (exact) mass is 619 g/mol. The van der Waals surface area contributed by atoms with Crippen LogP contribution in [0.25, 0.3) is 0 Å². The first-order valence-electron chi connectivity index (χ1n) is 15.9. The Morgan fingerprint density at radius 2 is 1.53 bits per heavy atom. The largest absolute Gasteiger partial charge is 0.374 e. The van der Waals surface area contributed by atoms with E-state index >= 15 is 0 Å². The van der Waals surface area contributed by atoms with Gasteiger partial charge < -0.3 is 18.9 Å². The highest BCUT2D eigenvalue weighted by Crippen LogP contribution is 2.51. The van der Waals surface area contributed by atoms with Crippen LogP contribution >= 0.6 is 0 Å². The van der Waals surface area contributed by atoms with E-state index in [2.05, 4.69) is 37.7 Å². The summed E-state index contributed by atoms with van der Waals surface area (Å²) in [5.74, 6) is 0. The van der Waals surface area contributed by atoms with Gasteiger partial charge in [-0.15, -0.1) is 0 Å². The van der Waals surface area contributed by atoms with Gasteiger partial charge in [0.25, 0.3) is 5.56 Å². The molecule has 6 rings (SSSR count). The van der Waals surface area contributed by atoms with Gasteiger partial charge in [-0.25, -0.2) is 4.79 Å². The van der Waals surface area contributed by atoms with Gasteiger partial charge in [0.2, 0.25) is 0 Å². The van der Waals surface area contributed by atoms with Crippen molar-refractivity contribution in [3.63, 3.8) is 0 Å². The second-order valence-corrected chi connectivity index (χ2v) is 13.8. The van der Waals surface area contributed by atoms with Crippen molar-refractivity contribution in [2.45, 2.75) is 108 Å². The fourth-order valence-electron chi connectivity index (χ4n) is 7.24. The summed E-state index contributed by atoms with van der Waals surface area (Å²) in [5, 5.41) is 2.12. The molecule has 1 aromatic heterocycles. The first-order chi connectivity index (χ1) is 21.5. The van der Waals surface area contributed by atoms with Gasteiger partial charge in [-0.1, -0.05) is 60.7 Å². The Kier molecular flexibility index (Phi) is 8.91. The fourth-order valence-corrected chi connectivity index (χ4v) is 7.24. The molecule has 3 fully saturated rings. The Bertz CT molecular complexity index is 1560. The van der Waals surface area contributed by atoms with E-state index < -0.39 is 41.4 Å². The van der Waals surface area contributed by atoms with Crippen LogP contribution in [-0.4, -0.2) is 62.8 Å². The molecule has 2 aromatic carbocycles. The van der Waals surface area contributed by atoms with Crippen molar-refractivity contribution in [2.75, 3.05) is 13.2 Å². The molecule has 3 aromatic rings. The molecule has 10 heteroatoms. The molecule has 0 spiro atoms. The molecule has 0 saturated carbocycles. The smallest absolute Gasteiger partial charge is 0.330 e. The molecular formula is C35H45N3O7. The maximum absolute atomic E-state index is 13.1. The molecule has 0 aliphatic carbocycles. The minimum absolute atomic E-state index is 0.145. The van der Waals surface area contributed by atoms with E-state index in [0.29, 0.717) is 18.8 Å². The van der Waals surface area contributed by atoms with Crippen molar-refractivity contribution in [3.8, 4) is 0 Å². The zero-order chi connectivity index (χ0) is 31.8. The van der Waals surface area contributed by atoms with E-state index in [9.17, 15) is 9.59 Å². The lowest BCUT2D eigenvalue weighted by molar-refractivity contribution is -0.313. The Hall–Kier alpha value is -3.12. The lowest BCUT2D eigenvalue weighted by atomic mass is 9.82. The number of hydrogen-bond donors (Lipinski definition) is 1. The molecule has 242 valence electrons. The van der Waals surface area contributed by atoms with Gasteiger partial charge in [-0.05, 0) is 65.0 Å². The van der Waals surface area contributed by atoms with Crippen LogP contribution < -0.4 is 11.2 Å². The van der Waals surface area contributed by atoms with E-state index in [1.165, 1.54) is 10.8 Å². The van der Waals surface area contributed by atoms with Crippen molar-refractivity contribution in [2.24, 2.45) is 0 Å². The third kappa shape index (κ3) is 6.32. The molecule has 4 heterocycles. The Balaban J connectivity index is 1.33. The van der Waals surface area contributed by atoms with Gasteiger partial charge in [0.05, 0.1) is 26.4 Å². The SMILES string of the molecule is Cc1cn([C@@H]2O[C@@]3(COCc4ccccc4)[C@@H](CON4C(C)(C)CCCC4(C)C)OC2[C@@H]3OCc2ccccc2)c(=O)[nH]c1=O. The predicted molar refractivity (Wildman–Crippen MR) is 168 cm³/mol. The number of aromatic amines is 1. The highest BCUT2D eigenvalue weighted by Gasteiger charge is 2.68. The molecule has 3 aliphatic heterocycles. The van der Waals surface area contributed by atoms with Crippen LogP contribution in [0.15, 0.2) is 76.4 Å². The average Bonchev–Trinajstić information content (AvgIpc) is 3.46. The van der Waals surface area contributed by atoms with Crippen molar-refractivity contribution in [3.05, 3.63) is 104 Å². The van der Waals surface area contributed by atoms with Gasteiger partial charge in [0, 0.05) is 22.8 Å². The zero-order valence-corrected chi connectivity index (χ0v) is 26.9. The maximum atomic E-state index is 13.1. The van der Waals surface area contributed by atoms with Crippen LogP contribution in [0, 0.1) is 6.92 Å². The lowest BCUT2D eigenvalue weighted by Gasteiger charge is -2.52. The van der Waals surface area contributed by atoms with Crippen molar-refractivity contribution >= 4 is 0 Å². The summed E-state index contributed by atoms with van der Waals surface area (Å²) in [7, 11) is 0.